The highest BCUT2D eigenvalue weighted by Crippen LogP contribution is 2.36. The molecule has 1 atom stereocenters. The Bertz CT molecular complexity index is 1210. The molecule has 0 amide bonds. The minimum Gasteiger partial charge on any atom is -0.369 e. The first-order chi connectivity index (χ1) is 14.8. The highest BCUT2D eigenvalue weighted by molar-refractivity contribution is 5.85. The first kappa shape index (κ1) is 20.6. The molecule has 0 aliphatic carbocycles. The predicted molar refractivity (Wildman–Crippen MR) is 111 cm³/mol. The number of halogens is 3. The minimum absolute atomic E-state index is 0.100. The van der Waals surface area contributed by atoms with Gasteiger partial charge in [-0.25, -0.2) is 19.9 Å². The van der Waals surface area contributed by atoms with Crippen LogP contribution in [0.3, 0.4) is 0 Å². The summed E-state index contributed by atoms with van der Waals surface area (Å²) in [5.74, 6) is 1.16. The van der Waals surface area contributed by atoms with Crippen molar-refractivity contribution in [2.45, 2.75) is 25.9 Å². The largest absolute Gasteiger partial charge is 0.417 e. The second kappa shape index (κ2) is 8.25. The quantitative estimate of drug-likeness (QED) is 0.485. The molecule has 3 aromatic heterocycles. The first-order valence-corrected chi connectivity index (χ1v) is 9.62. The highest BCUT2D eigenvalue weighted by atomic mass is 19.4. The fourth-order valence-electron chi connectivity index (χ4n) is 3.35. The Morgan fingerprint density at radius 2 is 1.77 bits per heavy atom. The third-order valence-corrected chi connectivity index (χ3v) is 4.97. The molecular weight excluding hydrogens is 405 g/mol. The number of hydrogen-bond acceptors (Lipinski definition) is 6. The number of para-hydroxylation sites is 1. The van der Waals surface area contributed by atoms with E-state index in [9.17, 15) is 13.2 Å². The molecule has 4 aromatic rings. The lowest BCUT2D eigenvalue weighted by atomic mass is 9.96. The molecule has 4 rings (SSSR count). The van der Waals surface area contributed by atoms with Crippen molar-refractivity contribution in [3.05, 3.63) is 72.2 Å². The van der Waals surface area contributed by atoms with Gasteiger partial charge in [0.1, 0.15) is 18.0 Å². The van der Waals surface area contributed by atoms with E-state index in [1.807, 2.05) is 6.92 Å². The topological polar surface area (TPSA) is 76.5 Å². The van der Waals surface area contributed by atoms with E-state index < -0.39 is 11.7 Å². The van der Waals surface area contributed by atoms with Crippen LogP contribution in [-0.2, 0) is 6.18 Å². The van der Waals surface area contributed by atoms with Crippen LogP contribution in [0.5, 0.6) is 0 Å². The van der Waals surface area contributed by atoms with Crippen molar-refractivity contribution in [3.8, 4) is 11.3 Å². The maximum atomic E-state index is 13.4. The van der Waals surface area contributed by atoms with E-state index in [4.69, 9.17) is 0 Å². The maximum Gasteiger partial charge on any atom is 0.417 e. The van der Waals surface area contributed by atoms with Gasteiger partial charge >= 0.3 is 6.18 Å². The number of alkyl halides is 3. The lowest BCUT2D eigenvalue weighted by Gasteiger charge is -2.17. The number of nitrogens with one attached hydrogen (secondary N) is 1. The van der Waals surface area contributed by atoms with Crippen molar-refractivity contribution in [3.63, 3.8) is 0 Å². The van der Waals surface area contributed by atoms with E-state index in [1.165, 1.54) is 18.6 Å². The minimum atomic E-state index is -4.43. The van der Waals surface area contributed by atoms with Gasteiger partial charge < -0.3 is 5.32 Å². The molecule has 9 heteroatoms. The molecule has 0 spiro atoms. The molecule has 158 valence electrons. The molecule has 0 aliphatic heterocycles. The van der Waals surface area contributed by atoms with Crippen LogP contribution in [0.25, 0.3) is 22.2 Å². The van der Waals surface area contributed by atoms with Gasteiger partial charge in [-0.2, -0.15) is 13.2 Å². The van der Waals surface area contributed by atoms with Crippen molar-refractivity contribution in [1.29, 1.82) is 0 Å². The number of rotatable bonds is 5. The lowest BCUT2D eigenvalue weighted by molar-refractivity contribution is -0.136. The number of benzene rings is 1. The summed E-state index contributed by atoms with van der Waals surface area (Å²) in [6, 6.07) is 7.67. The second-order valence-corrected chi connectivity index (χ2v) is 7.19. The monoisotopic (exact) mass is 424 g/mol. The summed E-state index contributed by atoms with van der Waals surface area (Å²) in [6.45, 7) is 4.19. The molecule has 0 unspecified atom stereocenters. The number of nitrogens with zero attached hydrogens (tertiary/aromatic N) is 5. The molecule has 31 heavy (non-hydrogen) atoms. The third kappa shape index (κ3) is 4.45. The van der Waals surface area contributed by atoms with Gasteiger partial charge in [-0.15, -0.1) is 0 Å². The van der Waals surface area contributed by atoms with Crippen molar-refractivity contribution in [2.24, 2.45) is 0 Å². The van der Waals surface area contributed by atoms with E-state index in [1.54, 1.807) is 37.5 Å². The Kier molecular flexibility index (Phi) is 5.50. The highest BCUT2D eigenvalue weighted by Gasteiger charge is 2.33. The summed E-state index contributed by atoms with van der Waals surface area (Å²) in [6.07, 6.45) is 1.60. The molecule has 0 saturated carbocycles. The zero-order chi connectivity index (χ0) is 22.0. The second-order valence-electron chi connectivity index (χ2n) is 7.19. The molecule has 1 N–H and O–H groups in total. The third-order valence-electron chi connectivity index (χ3n) is 4.97. The lowest BCUT2D eigenvalue weighted by Crippen LogP contribution is -2.12. The zero-order valence-corrected chi connectivity index (χ0v) is 16.9. The van der Waals surface area contributed by atoms with E-state index >= 15 is 0 Å². The molecule has 0 bridgehead atoms. The summed E-state index contributed by atoms with van der Waals surface area (Å²) >= 11 is 0. The maximum absolute atomic E-state index is 13.4. The summed E-state index contributed by atoms with van der Waals surface area (Å²) in [5.41, 5.74) is 1.85. The van der Waals surface area contributed by atoms with Crippen LogP contribution in [0.2, 0.25) is 0 Å². The fourth-order valence-corrected chi connectivity index (χ4v) is 3.35. The molecule has 6 nitrogen and oxygen atoms in total. The first-order valence-electron chi connectivity index (χ1n) is 9.62. The van der Waals surface area contributed by atoms with Crippen molar-refractivity contribution < 1.29 is 13.2 Å². The van der Waals surface area contributed by atoms with Gasteiger partial charge in [0.05, 0.1) is 16.8 Å². The van der Waals surface area contributed by atoms with Crippen LogP contribution in [-0.4, -0.2) is 31.5 Å². The normalized spacial score (nSPS) is 12.7. The molecule has 0 saturated heterocycles. The van der Waals surface area contributed by atoms with Crippen LogP contribution >= 0.6 is 0 Å². The Balaban J connectivity index is 1.56. The van der Waals surface area contributed by atoms with Crippen molar-refractivity contribution in [1.82, 2.24) is 24.9 Å². The fraction of sp³-hybridized carbons (Fsp3) is 0.227. The van der Waals surface area contributed by atoms with Gasteiger partial charge in [-0.3, -0.25) is 4.98 Å². The number of hydrogen-bond donors (Lipinski definition) is 1. The van der Waals surface area contributed by atoms with Crippen molar-refractivity contribution >= 4 is 16.7 Å². The number of aromatic nitrogens is 5. The van der Waals surface area contributed by atoms with Gasteiger partial charge in [-0.1, -0.05) is 25.1 Å². The predicted octanol–water partition coefficient (Wildman–Crippen LogP) is 5.02. The Labute approximate surface area is 176 Å². The van der Waals surface area contributed by atoms with Gasteiger partial charge in [0.25, 0.3) is 0 Å². The van der Waals surface area contributed by atoms with Gasteiger partial charge in [0.2, 0.25) is 0 Å². The van der Waals surface area contributed by atoms with Gasteiger partial charge in [-0.05, 0) is 18.6 Å². The van der Waals surface area contributed by atoms with E-state index in [-0.39, 0.29) is 11.3 Å². The summed E-state index contributed by atoms with van der Waals surface area (Å²) in [7, 11) is 0. The van der Waals surface area contributed by atoms with E-state index in [0.29, 0.717) is 29.4 Å². The number of anilines is 1. The molecule has 0 radical (unpaired) electrons. The molecule has 0 aliphatic rings. The molecule has 0 fully saturated rings. The Hall–Kier alpha value is -3.62. The summed E-state index contributed by atoms with van der Waals surface area (Å²) in [5, 5.41) is 3.33. The average Bonchev–Trinajstić information content (AvgIpc) is 2.76. The van der Waals surface area contributed by atoms with E-state index in [2.05, 4.69) is 30.2 Å². The summed E-state index contributed by atoms with van der Waals surface area (Å²) < 4.78 is 40.1. The molecule has 1 aromatic carbocycles. The number of pyridine rings is 1. The molecular formula is C22H19F3N6. The zero-order valence-electron chi connectivity index (χ0n) is 16.9. The van der Waals surface area contributed by atoms with Gasteiger partial charge in [0.15, 0.2) is 0 Å². The smallest absolute Gasteiger partial charge is 0.369 e. The van der Waals surface area contributed by atoms with Gasteiger partial charge in [0, 0.05) is 48.1 Å². The Morgan fingerprint density at radius 1 is 1.00 bits per heavy atom. The van der Waals surface area contributed by atoms with Crippen LogP contribution < -0.4 is 5.32 Å². The van der Waals surface area contributed by atoms with Crippen LogP contribution in [0.15, 0.2) is 55.2 Å². The van der Waals surface area contributed by atoms with Crippen LogP contribution in [0, 0.1) is 6.92 Å². The number of aryl methyl sites for hydroxylation is 1. The number of fused-ring (bicyclic) bond motifs is 1. The van der Waals surface area contributed by atoms with Crippen molar-refractivity contribution in [2.75, 3.05) is 11.9 Å². The standard InChI is InChI=1S/C22H19F3N6/c1-13(16-4-3-5-17-18(22(23,24)25)6-7-26-21(16)17)9-29-20-8-19(30-12-31-20)15-10-27-14(2)28-11-15/h3-8,10-13H,9H2,1-2H3,(H,29,30,31)/t13-/m1/s1. The SMILES string of the molecule is Cc1ncc(-c2cc(NC[C@@H](C)c3cccc4c(C(F)(F)F)ccnc34)ncn2)cn1. The van der Waals surface area contributed by atoms with Crippen LogP contribution in [0.4, 0.5) is 19.0 Å². The Morgan fingerprint density at radius 3 is 2.52 bits per heavy atom. The summed E-state index contributed by atoms with van der Waals surface area (Å²) in [4.78, 5) is 21.1. The molecule has 3 heterocycles. The van der Waals surface area contributed by atoms with E-state index in [0.717, 1.165) is 17.2 Å². The van der Waals surface area contributed by atoms with Crippen LogP contribution in [0.1, 0.15) is 29.8 Å². The average molecular weight is 424 g/mol.